The van der Waals surface area contributed by atoms with Crippen LogP contribution in [0, 0.1) is 3.70 Å². The average Bonchev–Trinajstić information content (AvgIpc) is 2.96. The van der Waals surface area contributed by atoms with Crippen LogP contribution < -0.4 is 10.2 Å². The van der Waals surface area contributed by atoms with Crippen molar-refractivity contribution in [3.63, 3.8) is 0 Å². The first kappa shape index (κ1) is 15.4. The molecule has 4 heterocycles. The van der Waals surface area contributed by atoms with E-state index in [-0.39, 0.29) is 18.1 Å². The van der Waals surface area contributed by atoms with Crippen molar-refractivity contribution in [2.45, 2.75) is 43.8 Å². The number of H-pyrrole nitrogens is 1. The minimum Gasteiger partial charge on any atom is -0.465 e. The molecule has 0 aromatic carbocycles. The van der Waals surface area contributed by atoms with Crippen LogP contribution in [0.15, 0.2) is 4.60 Å². The zero-order valence-corrected chi connectivity index (χ0v) is 15.7. The summed E-state index contributed by atoms with van der Waals surface area (Å²) in [6.07, 6.45) is 2.75. The molecule has 2 unspecified atom stereocenters. The number of hydrogen-bond donors (Lipinski definition) is 3. The normalized spacial score (nSPS) is 26.7. The molecule has 0 radical (unpaired) electrons. The number of aromatic nitrogens is 4. The molecule has 23 heavy (non-hydrogen) atoms. The van der Waals surface area contributed by atoms with Crippen LogP contribution >= 0.6 is 38.5 Å². The molecular weight excluding hydrogens is 479 g/mol. The Morgan fingerprint density at radius 2 is 2.04 bits per heavy atom. The predicted octanol–water partition coefficient (Wildman–Crippen LogP) is 2.49. The molecule has 3 N–H and O–H groups in total. The summed E-state index contributed by atoms with van der Waals surface area (Å²) in [5, 5.41) is 18.7. The summed E-state index contributed by atoms with van der Waals surface area (Å²) < 4.78 is 1.58. The zero-order chi connectivity index (χ0) is 16.1. The molecule has 2 atom stereocenters. The minimum atomic E-state index is -0.948. The number of carboxylic acid groups (broad SMARTS) is 1. The third kappa shape index (κ3) is 2.65. The van der Waals surface area contributed by atoms with E-state index in [4.69, 9.17) is 5.11 Å². The number of nitrogens with zero attached hydrogens (tertiary/aromatic N) is 4. The quantitative estimate of drug-likeness (QED) is 0.556. The molecule has 1 amide bonds. The molecule has 0 aliphatic carbocycles. The topological polar surface area (TPSA) is 107 Å². The number of aromatic amines is 1. The molecule has 122 valence electrons. The van der Waals surface area contributed by atoms with Crippen molar-refractivity contribution < 1.29 is 9.90 Å². The second-order valence-corrected chi connectivity index (χ2v) is 7.79. The summed E-state index contributed by atoms with van der Waals surface area (Å²) in [5.41, 5.74) is 1.37. The lowest BCUT2D eigenvalue weighted by molar-refractivity contribution is 0.185. The van der Waals surface area contributed by atoms with Gasteiger partial charge in [-0.05, 0) is 64.2 Å². The number of nitrogens with one attached hydrogen (secondary N) is 2. The lowest BCUT2D eigenvalue weighted by Gasteiger charge is -2.39. The van der Waals surface area contributed by atoms with E-state index in [2.05, 4.69) is 68.9 Å². The van der Waals surface area contributed by atoms with E-state index in [1.165, 1.54) is 0 Å². The molecule has 2 aliphatic rings. The minimum absolute atomic E-state index is 0.0167. The Balaban J connectivity index is 1.66. The monoisotopic (exact) mass is 492 g/mol. The van der Waals surface area contributed by atoms with Gasteiger partial charge in [-0.1, -0.05) is 0 Å². The lowest BCUT2D eigenvalue weighted by atomic mass is 9.97. The SMILES string of the molecule is O=C(O)NC1CC2CCC(C1)N2c1nc2n[nH]c(I)c2nc1Br. The average molecular weight is 493 g/mol. The number of piperidine rings is 1. The molecule has 4 rings (SSSR count). The maximum atomic E-state index is 10.9. The number of carbonyl (C=O) groups is 1. The van der Waals surface area contributed by atoms with E-state index in [9.17, 15) is 4.79 Å². The number of halogens is 2. The first-order chi connectivity index (χ1) is 11.0. The van der Waals surface area contributed by atoms with Gasteiger partial charge in [0.25, 0.3) is 0 Å². The Morgan fingerprint density at radius 3 is 2.70 bits per heavy atom. The summed E-state index contributed by atoms with van der Waals surface area (Å²) >= 11 is 5.69. The van der Waals surface area contributed by atoms with Crippen molar-refractivity contribution in [1.82, 2.24) is 25.5 Å². The Hall–Kier alpha value is -1.17. The van der Waals surface area contributed by atoms with Crippen LogP contribution in [0.25, 0.3) is 11.2 Å². The third-order valence-electron chi connectivity index (χ3n) is 4.59. The van der Waals surface area contributed by atoms with Crippen LogP contribution in [0.5, 0.6) is 0 Å². The predicted molar refractivity (Wildman–Crippen MR) is 95.6 cm³/mol. The lowest BCUT2D eigenvalue weighted by Crippen LogP contribution is -2.50. The highest BCUT2D eigenvalue weighted by Crippen LogP contribution is 2.41. The van der Waals surface area contributed by atoms with Crippen molar-refractivity contribution in [1.29, 1.82) is 0 Å². The number of fused-ring (bicyclic) bond motifs is 3. The molecule has 2 aliphatic heterocycles. The largest absolute Gasteiger partial charge is 0.465 e. The molecular formula is C13H14BrIN6O2. The van der Waals surface area contributed by atoms with Gasteiger partial charge in [-0.2, -0.15) is 5.10 Å². The van der Waals surface area contributed by atoms with Crippen LogP contribution in [0.4, 0.5) is 10.6 Å². The van der Waals surface area contributed by atoms with Gasteiger partial charge in [0.15, 0.2) is 5.82 Å². The summed E-state index contributed by atoms with van der Waals surface area (Å²) in [6.45, 7) is 0. The highest BCUT2D eigenvalue weighted by molar-refractivity contribution is 14.1. The van der Waals surface area contributed by atoms with Crippen LogP contribution in [0.1, 0.15) is 25.7 Å². The van der Waals surface area contributed by atoms with Gasteiger partial charge in [-0.25, -0.2) is 14.8 Å². The summed E-state index contributed by atoms with van der Waals surface area (Å²) in [5.74, 6) is 0.807. The number of rotatable bonds is 2. The molecule has 2 aromatic rings. The van der Waals surface area contributed by atoms with E-state index in [1.54, 1.807) is 0 Å². The number of hydrogen-bond acceptors (Lipinski definition) is 5. The third-order valence-corrected chi connectivity index (χ3v) is 5.88. The van der Waals surface area contributed by atoms with Gasteiger partial charge >= 0.3 is 6.09 Å². The fourth-order valence-electron chi connectivity index (χ4n) is 3.76. The Labute approximate surface area is 153 Å². The molecule has 8 nitrogen and oxygen atoms in total. The van der Waals surface area contributed by atoms with Crippen molar-refractivity contribution in [3.8, 4) is 0 Å². The van der Waals surface area contributed by atoms with E-state index < -0.39 is 6.09 Å². The Morgan fingerprint density at radius 1 is 1.35 bits per heavy atom. The second kappa shape index (κ2) is 5.72. The van der Waals surface area contributed by atoms with E-state index in [1.807, 2.05) is 0 Å². The van der Waals surface area contributed by atoms with Crippen molar-refractivity contribution in [3.05, 3.63) is 8.30 Å². The smallest absolute Gasteiger partial charge is 0.404 e. The maximum absolute atomic E-state index is 10.9. The van der Waals surface area contributed by atoms with Gasteiger partial charge in [0, 0.05) is 18.1 Å². The van der Waals surface area contributed by atoms with E-state index in [0.29, 0.717) is 10.3 Å². The van der Waals surface area contributed by atoms with Gasteiger partial charge < -0.3 is 15.3 Å². The number of amides is 1. The number of anilines is 1. The molecule has 0 spiro atoms. The van der Waals surface area contributed by atoms with Crippen molar-refractivity contribution in [2.24, 2.45) is 0 Å². The first-order valence-corrected chi connectivity index (χ1v) is 9.25. The van der Waals surface area contributed by atoms with Crippen LogP contribution in [-0.4, -0.2) is 49.5 Å². The maximum Gasteiger partial charge on any atom is 0.404 e. The van der Waals surface area contributed by atoms with E-state index in [0.717, 1.165) is 40.7 Å². The Kier molecular flexibility index (Phi) is 3.82. The molecule has 2 bridgehead atoms. The summed E-state index contributed by atoms with van der Waals surface area (Å²) in [6, 6.07) is 0.585. The first-order valence-electron chi connectivity index (χ1n) is 7.38. The highest BCUT2D eigenvalue weighted by atomic mass is 127. The van der Waals surface area contributed by atoms with Gasteiger partial charge in [-0.15, -0.1) is 0 Å². The molecule has 2 fully saturated rings. The summed E-state index contributed by atoms with van der Waals surface area (Å²) in [7, 11) is 0. The van der Waals surface area contributed by atoms with E-state index >= 15 is 0 Å². The fraction of sp³-hybridized carbons (Fsp3) is 0.538. The molecule has 10 heteroatoms. The van der Waals surface area contributed by atoms with Gasteiger partial charge in [0.05, 0.1) is 0 Å². The van der Waals surface area contributed by atoms with Crippen LogP contribution in [0.2, 0.25) is 0 Å². The van der Waals surface area contributed by atoms with Crippen molar-refractivity contribution in [2.75, 3.05) is 4.90 Å². The van der Waals surface area contributed by atoms with Gasteiger partial charge in [0.1, 0.15) is 13.8 Å². The Bertz CT molecular complexity index is 769. The van der Waals surface area contributed by atoms with Gasteiger partial charge in [-0.3, -0.25) is 5.10 Å². The molecule has 0 saturated carbocycles. The standard InChI is InChI=1S/C13H14BrIN6O2/c14-9-12(18-11-8(17-9)10(15)19-20-11)21-6-1-2-7(21)4-5(3-6)16-13(22)23/h5-7,16H,1-4H2,(H,22,23)(H,18,19,20). The fourth-order valence-corrected chi connectivity index (χ4v) is 4.71. The molecule has 2 aromatic heterocycles. The highest BCUT2D eigenvalue weighted by Gasteiger charge is 2.42. The zero-order valence-electron chi connectivity index (χ0n) is 12.0. The second-order valence-electron chi connectivity index (χ2n) is 5.96. The summed E-state index contributed by atoms with van der Waals surface area (Å²) in [4.78, 5) is 22.4. The molecule has 2 saturated heterocycles. The van der Waals surface area contributed by atoms with Crippen LogP contribution in [0.3, 0.4) is 0 Å². The van der Waals surface area contributed by atoms with Crippen molar-refractivity contribution >= 4 is 61.6 Å². The van der Waals surface area contributed by atoms with Gasteiger partial charge in [0.2, 0.25) is 5.65 Å². The van der Waals surface area contributed by atoms with Crippen LogP contribution in [-0.2, 0) is 0 Å².